The third-order valence-corrected chi connectivity index (χ3v) is 6.42. The first kappa shape index (κ1) is 20.7. The lowest BCUT2D eigenvalue weighted by Gasteiger charge is -2.22. The molecular formula is C22H28N6OS. The molecule has 1 fully saturated rings. The molecule has 2 aromatic heterocycles. The largest absolute Gasteiger partial charge is 0.353 e. The highest BCUT2D eigenvalue weighted by Crippen LogP contribution is 2.31. The summed E-state index contributed by atoms with van der Waals surface area (Å²) in [6, 6.07) is 10.4. The molecule has 8 heteroatoms. The minimum Gasteiger partial charge on any atom is -0.353 e. The van der Waals surface area contributed by atoms with Crippen molar-refractivity contribution in [2.24, 2.45) is 7.05 Å². The molecule has 3 aromatic rings. The van der Waals surface area contributed by atoms with Gasteiger partial charge in [-0.15, -0.1) is 10.2 Å². The first-order valence-corrected chi connectivity index (χ1v) is 11.6. The van der Waals surface area contributed by atoms with E-state index in [1.807, 2.05) is 43.6 Å². The maximum Gasteiger partial charge on any atom is 0.230 e. The third kappa shape index (κ3) is 4.59. The molecular weight excluding hydrogens is 396 g/mol. The highest BCUT2D eigenvalue weighted by atomic mass is 32.2. The number of amides is 1. The molecule has 158 valence electrons. The van der Waals surface area contributed by atoms with Gasteiger partial charge in [-0.1, -0.05) is 61.4 Å². The van der Waals surface area contributed by atoms with Crippen molar-refractivity contribution >= 4 is 17.7 Å². The quantitative estimate of drug-likeness (QED) is 0.582. The Hall–Kier alpha value is -2.61. The average molecular weight is 425 g/mol. The Morgan fingerprint density at radius 2 is 1.93 bits per heavy atom. The van der Waals surface area contributed by atoms with Crippen molar-refractivity contribution in [2.45, 2.75) is 56.8 Å². The predicted octanol–water partition coefficient (Wildman–Crippen LogP) is 3.91. The van der Waals surface area contributed by atoms with Gasteiger partial charge in [-0.05, 0) is 19.8 Å². The predicted molar refractivity (Wildman–Crippen MR) is 119 cm³/mol. The number of aromatic nitrogens is 5. The molecule has 1 amide bonds. The van der Waals surface area contributed by atoms with Crippen molar-refractivity contribution < 1.29 is 4.79 Å². The van der Waals surface area contributed by atoms with Crippen LogP contribution in [0.25, 0.3) is 22.6 Å². The third-order valence-electron chi connectivity index (χ3n) is 5.45. The number of rotatable bonds is 7. The summed E-state index contributed by atoms with van der Waals surface area (Å²) in [6.45, 7) is 2.79. The van der Waals surface area contributed by atoms with Crippen LogP contribution in [-0.4, -0.2) is 42.2 Å². The molecule has 30 heavy (non-hydrogen) atoms. The van der Waals surface area contributed by atoms with Crippen LogP contribution in [-0.2, 0) is 18.4 Å². The Morgan fingerprint density at radius 1 is 1.17 bits per heavy atom. The summed E-state index contributed by atoms with van der Waals surface area (Å²) in [5, 5.41) is 17.4. The molecule has 1 aliphatic rings. The number of aryl methyl sites for hydroxylation is 1. The SMILES string of the molecule is CCn1c(SCC(=O)NC2CCCCC2)nnc1-c1cn(C)nc1-c1ccccc1. The summed E-state index contributed by atoms with van der Waals surface area (Å²) in [5.74, 6) is 1.21. The van der Waals surface area contributed by atoms with Gasteiger partial charge in [-0.2, -0.15) is 5.10 Å². The zero-order valence-corrected chi connectivity index (χ0v) is 18.4. The van der Waals surface area contributed by atoms with Crippen LogP contribution in [0.5, 0.6) is 0 Å². The smallest absolute Gasteiger partial charge is 0.230 e. The van der Waals surface area contributed by atoms with Crippen molar-refractivity contribution in [1.29, 1.82) is 0 Å². The fourth-order valence-electron chi connectivity index (χ4n) is 3.99. The number of thioether (sulfide) groups is 1. The second-order valence-corrected chi connectivity index (χ2v) is 8.62. The number of hydrogen-bond acceptors (Lipinski definition) is 5. The molecule has 0 saturated heterocycles. The molecule has 0 bridgehead atoms. The Kier molecular flexibility index (Phi) is 6.52. The topological polar surface area (TPSA) is 77.6 Å². The average Bonchev–Trinajstić information content (AvgIpc) is 3.36. The molecule has 1 saturated carbocycles. The maximum absolute atomic E-state index is 12.4. The van der Waals surface area contributed by atoms with E-state index in [2.05, 4.69) is 32.1 Å². The fraction of sp³-hybridized carbons (Fsp3) is 0.455. The maximum atomic E-state index is 12.4. The monoisotopic (exact) mass is 424 g/mol. The summed E-state index contributed by atoms with van der Waals surface area (Å²) in [5.41, 5.74) is 2.86. The van der Waals surface area contributed by atoms with Crippen molar-refractivity contribution in [1.82, 2.24) is 29.9 Å². The van der Waals surface area contributed by atoms with E-state index in [4.69, 9.17) is 0 Å². The van der Waals surface area contributed by atoms with Crippen molar-refractivity contribution in [3.8, 4) is 22.6 Å². The molecule has 7 nitrogen and oxygen atoms in total. The molecule has 0 atom stereocenters. The van der Waals surface area contributed by atoms with E-state index in [0.717, 1.165) is 47.2 Å². The second kappa shape index (κ2) is 9.47. The Morgan fingerprint density at radius 3 is 2.67 bits per heavy atom. The van der Waals surface area contributed by atoms with Crippen LogP contribution in [0.4, 0.5) is 0 Å². The number of nitrogens with one attached hydrogen (secondary N) is 1. The molecule has 1 aliphatic carbocycles. The van der Waals surface area contributed by atoms with E-state index in [1.165, 1.54) is 31.0 Å². The van der Waals surface area contributed by atoms with Gasteiger partial charge in [0.1, 0.15) is 5.69 Å². The molecule has 4 rings (SSSR count). The van der Waals surface area contributed by atoms with Gasteiger partial charge in [0.05, 0.1) is 11.3 Å². The van der Waals surface area contributed by atoms with Gasteiger partial charge < -0.3 is 9.88 Å². The van der Waals surface area contributed by atoms with Crippen molar-refractivity contribution in [3.05, 3.63) is 36.5 Å². The zero-order chi connectivity index (χ0) is 20.9. The van der Waals surface area contributed by atoms with Crippen molar-refractivity contribution in [2.75, 3.05) is 5.75 Å². The lowest BCUT2D eigenvalue weighted by molar-refractivity contribution is -0.119. The van der Waals surface area contributed by atoms with E-state index >= 15 is 0 Å². The number of hydrogen-bond donors (Lipinski definition) is 1. The number of benzene rings is 1. The van der Waals surface area contributed by atoms with Gasteiger partial charge in [0.2, 0.25) is 5.91 Å². The summed E-state index contributed by atoms with van der Waals surface area (Å²) in [6.07, 6.45) is 7.86. The van der Waals surface area contributed by atoms with E-state index in [0.29, 0.717) is 11.8 Å². The molecule has 0 spiro atoms. The fourth-order valence-corrected chi connectivity index (χ4v) is 4.80. The zero-order valence-electron chi connectivity index (χ0n) is 17.5. The van der Waals surface area contributed by atoms with Gasteiger partial charge >= 0.3 is 0 Å². The van der Waals surface area contributed by atoms with E-state index in [9.17, 15) is 4.79 Å². The number of carbonyl (C=O) groups excluding carboxylic acids is 1. The van der Waals surface area contributed by atoms with Gasteiger partial charge in [0.15, 0.2) is 11.0 Å². The van der Waals surface area contributed by atoms with Crippen LogP contribution in [0, 0.1) is 0 Å². The second-order valence-electron chi connectivity index (χ2n) is 7.67. The first-order chi connectivity index (χ1) is 14.7. The van der Waals surface area contributed by atoms with Crippen LogP contribution in [0.15, 0.2) is 41.7 Å². The Bertz CT molecular complexity index is 990. The molecule has 1 aromatic carbocycles. The lowest BCUT2D eigenvalue weighted by Crippen LogP contribution is -2.37. The minimum atomic E-state index is 0.0745. The molecule has 1 N–H and O–H groups in total. The Labute approximate surface area is 181 Å². The molecule has 2 heterocycles. The summed E-state index contributed by atoms with van der Waals surface area (Å²) in [7, 11) is 1.91. The lowest BCUT2D eigenvalue weighted by atomic mass is 9.95. The van der Waals surface area contributed by atoms with E-state index < -0.39 is 0 Å². The van der Waals surface area contributed by atoms with Crippen LogP contribution in [0.3, 0.4) is 0 Å². The van der Waals surface area contributed by atoms with Crippen LogP contribution >= 0.6 is 11.8 Å². The summed E-state index contributed by atoms with van der Waals surface area (Å²) in [4.78, 5) is 12.4. The highest BCUT2D eigenvalue weighted by molar-refractivity contribution is 7.99. The van der Waals surface area contributed by atoms with Crippen LogP contribution < -0.4 is 5.32 Å². The number of nitrogens with zero attached hydrogens (tertiary/aromatic N) is 5. The minimum absolute atomic E-state index is 0.0745. The van der Waals surface area contributed by atoms with Gasteiger partial charge in [0, 0.05) is 31.4 Å². The Balaban J connectivity index is 1.51. The standard InChI is InChI=1S/C22H28N6OS/c1-3-28-21(18-14-27(2)26-20(18)16-10-6-4-7-11-16)24-25-22(28)30-15-19(29)23-17-12-8-5-9-13-17/h4,6-7,10-11,14,17H,3,5,8-9,12-13,15H2,1-2H3,(H,23,29). The normalized spacial score (nSPS) is 14.7. The highest BCUT2D eigenvalue weighted by Gasteiger charge is 2.21. The van der Waals surface area contributed by atoms with Crippen LogP contribution in [0.1, 0.15) is 39.0 Å². The molecule has 0 aliphatic heterocycles. The molecule has 0 radical (unpaired) electrons. The van der Waals surface area contributed by atoms with Crippen LogP contribution in [0.2, 0.25) is 0 Å². The van der Waals surface area contributed by atoms with Gasteiger partial charge in [-0.3, -0.25) is 9.48 Å². The molecule has 0 unspecified atom stereocenters. The summed E-state index contributed by atoms with van der Waals surface area (Å²) >= 11 is 1.44. The van der Waals surface area contributed by atoms with Gasteiger partial charge in [0.25, 0.3) is 0 Å². The van der Waals surface area contributed by atoms with Gasteiger partial charge in [-0.25, -0.2) is 0 Å². The first-order valence-electron chi connectivity index (χ1n) is 10.6. The van der Waals surface area contributed by atoms with E-state index in [1.54, 1.807) is 4.68 Å². The summed E-state index contributed by atoms with van der Waals surface area (Å²) < 4.78 is 3.86. The van der Waals surface area contributed by atoms with E-state index in [-0.39, 0.29) is 5.91 Å². The van der Waals surface area contributed by atoms with Crippen molar-refractivity contribution in [3.63, 3.8) is 0 Å². The number of carbonyl (C=O) groups is 1.